The number of nitrogens with zero attached hydrogens (tertiary/aromatic N) is 1. The fourth-order valence-electron chi connectivity index (χ4n) is 1.32. The fourth-order valence-corrected chi connectivity index (χ4v) is 2.12. The first-order valence-corrected chi connectivity index (χ1v) is 5.98. The van der Waals surface area contributed by atoms with E-state index in [0.29, 0.717) is 10.6 Å². The molecule has 2 nitrogen and oxygen atoms in total. The Hall–Kier alpha value is -1.75. The molecule has 1 heterocycles. The summed E-state index contributed by atoms with van der Waals surface area (Å²) in [6, 6.07) is 6.45. The van der Waals surface area contributed by atoms with Gasteiger partial charge in [0.25, 0.3) is 0 Å². The van der Waals surface area contributed by atoms with E-state index in [1.807, 2.05) is 0 Å². The van der Waals surface area contributed by atoms with E-state index in [9.17, 15) is 13.6 Å². The maximum Gasteiger partial charge on any atom is 0.161 e. The highest BCUT2D eigenvalue weighted by atomic mass is 32.2. The third-order valence-corrected chi connectivity index (χ3v) is 3.23. The van der Waals surface area contributed by atoms with Gasteiger partial charge in [0.1, 0.15) is 16.7 Å². The zero-order valence-corrected chi connectivity index (χ0v) is 10.3. The summed E-state index contributed by atoms with van der Waals surface area (Å²) in [5.41, 5.74) is 0.485. The number of benzene rings is 1. The highest BCUT2D eigenvalue weighted by Gasteiger charge is 2.07. The molecule has 1 aromatic heterocycles. The van der Waals surface area contributed by atoms with Crippen molar-refractivity contribution in [1.29, 1.82) is 0 Å². The van der Waals surface area contributed by atoms with E-state index in [-0.39, 0.29) is 10.7 Å². The first kappa shape index (κ1) is 12.7. The van der Waals surface area contributed by atoms with Crippen LogP contribution >= 0.6 is 11.8 Å². The Morgan fingerprint density at radius 2 is 2.00 bits per heavy atom. The van der Waals surface area contributed by atoms with Crippen molar-refractivity contribution in [2.45, 2.75) is 16.8 Å². The molecule has 0 radical (unpaired) electrons. The third-order valence-electron chi connectivity index (χ3n) is 2.25. The van der Waals surface area contributed by atoms with Gasteiger partial charge in [0.15, 0.2) is 5.78 Å². The van der Waals surface area contributed by atoms with Gasteiger partial charge in [0, 0.05) is 11.8 Å². The second-order valence-electron chi connectivity index (χ2n) is 3.62. The number of aromatic nitrogens is 1. The second-order valence-corrected chi connectivity index (χ2v) is 4.68. The number of hydrogen-bond donors (Lipinski definition) is 0. The van der Waals surface area contributed by atoms with Gasteiger partial charge in [0.2, 0.25) is 0 Å². The fraction of sp³-hybridized carbons (Fsp3) is 0.0769. The first-order chi connectivity index (χ1) is 8.56. The molecule has 0 aliphatic carbocycles. The van der Waals surface area contributed by atoms with Gasteiger partial charge in [-0.1, -0.05) is 11.8 Å². The summed E-state index contributed by atoms with van der Waals surface area (Å²) < 4.78 is 26.4. The smallest absolute Gasteiger partial charge is 0.161 e. The first-order valence-electron chi connectivity index (χ1n) is 5.16. The molecule has 2 aromatic rings. The molecule has 0 atom stereocenters. The lowest BCUT2D eigenvalue weighted by molar-refractivity contribution is 0.101. The molecule has 0 N–H and O–H groups in total. The number of pyridine rings is 1. The van der Waals surface area contributed by atoms with Crippen LogP contribution in [0.15, 0.2) is 46.5 Å². The Balaban J connectivity index is 2.23. The van der Waals surface area contributed by atoms with Crippen molar-refractivity contribution in [2.24, 2.45) is 0 Å². The van der Waals surface area contributed by atoms with Gasteiger partial charge in [-0.2, -0.15) is 0 Å². The van der Waals surface area contributed by atoms with Gasteiger partial charge in [0.05, 0.1) is 4.90 Å². The topological polar surface area (TPSA) is 30.0 Å². The Morgan fingerprint density at radius 1 is 1.22 bits per heavy atom. The van der Waals surface area contributed by atoms with Crippen LogP contribution in [0, 0.1) is 11.6 Å². The SMILES string of the molecule is CC(=O)c1ccc(Sc2cc(F)ccc2F)nc1. The van der Waals surface area contributed by atoms with Crippen molar-refractivity contribution in [2.75, 3.05) is 0 Å². The lowest BCUT2D eigenvalue weighted by Gasteiger charge is -2.03. The van der Waals surface area contributed by atoms with Crippen molar-refractivity contribution < 1.29 is 13.6 Å². The van der Waals surface area contributed by atoms with Crippen molar-refractivity contribution in [3.8, 4) is 0 Å². The van der Waals surface area contributed by atoms with Crippen LogP contribution in [0.5, 0.6) is 0 Å². The normalized spacial score (nSPS) is 10.4. The second kappa shape index (κ2) is 5.27. The van der Waals surface area contributed by atoms with Gasteiger partial charge < -0.3 is 0 Å². The van der Waals surface area contributed by atoms with Crippen LogP contribution in [0.3, 0.4) is 0 Å². The highest BCUT2D eigenvalue weighted by molar-refractivity contribution is 7.99. The molecule has 92 valence electrons. The standard InChI is InChI=1S/C13H9F2NOS/c1-8(17)9-2-5-13(16-7-9)18-12-6-10(14)3-4-11(12)15/h2-7H,1H3. The highest BCUT2D eigenvalue weighted by Crippen LogP contribution is 2.28. The molecular weight excluding hydrogens is 256 g/mol. The van der Waals surface area contributed by atoms with Gasteiger partial charge >= 0.3 is 0 Å². The molecule has 18 heavy (non-hydrogen) atoms. The third kappa shape index (κ3) is 2.92. The molecule has 0 unspecified atom stereocenters. The van der Waals surface area contributed by atoms with Crippen LogP contribution in [0.25, 0.3) is 0 Å². The van der Waals surface area contributed by atoms with E-state index >= 15 is 0 Å². The van der Waals surface area contributed by atoms with Crippen LogP contribution in [0.1, 0.15) is 17.3 Å². The molecule has 0 saturated carbocycles. The Morgan fingerprint density at radius 3 is 2.61 bits per heavy atom. The van der Waals surface area contributed by atoms with Crippen molar-refractivity contribution in [3.05, 3.63) is 53.7 Å². The van der Waals surface area contributed by atoms with Crippen LogP contribution in [0.4, 0.5) is 8.78 Å². The molecule has 1 aromatic carbocycles. The van der Waals surface area contributed by atoms with Crippen molar-refractivity contribution >= 4 is 17.5 Å². The number of carbonyl (C=O) groups excluding carboxylic acids is 1. The minimum absolute atomic E-state index is 0.0870. The van der Waals surface area contributed by atoms with Gasteiger partial charge in [-0.15, -0.1) is 0 Å². The molecule has 0 saturated heterocycles. The zero-order chi connectivity index (χ0) is 13.1. The predicted octanol–water partition coefficient (Wildman–Crippen LogP) is 3.71. The largest absolute Gasteiger partial charge is 0.294 e. The van der Waals surface area contributed by atoms with Crippen LogP contribution < -0.4 is 0 Å². The van der Waals surface area contributed by atoms with Gasteiger partial charge in [-0.25, -0.2) is 13.8 Å². The van der Waals surface area contributed by atoms with Crippen LogP contribution in [0.2, 0.25) is 0 Å². The summed E-state index contributed by atoms with van der Waals surface area (Å²) in [4.78, 5) is 15.2. The Labute approximate surface area is 107 Å². The summed E-state index contributed by atoms with van der Waals surface area (Å²) in [7, 11) is 0. The van der Waals surface area contributed by atoms with E-state index in [0.717, 1.165) is 30.0 Å². The Kier molecular flexibility index (Phi) is 3.72. The predicted molar refractivity (Wildman–Crippen MR) is 64.7 cm³/mol. The molecule has 0 amide bonds. The number of ketones is 1. The van der Waals surface area contributed by atoms with Crippen LogP contribution in [-0.4, -0.2) is 10.8 Å². The molecule has 2 rings (SSSR count). The van der Waals surface area contributed by atoms with Crippen molar-refractivity contribution in [1.82, 2.24) is 4.98 Å². The van der Waals surface area contributed by atoms with Crippen molar-refractivity contribution in [3.63, 3.8) is 0 Å². The number of Topliss-reactive ketones (excluding diaryl/α,β-unsaturated/α-hetero) is 1. The summed E-state index contributed by atoms with van der Waals surface area (Å²) >= 11 is 1.01. The summed E-state index contributed by atoms with van der Waals surface area (Å²) in [5, 5.41) is 0.504. The lowest BCUT2D eigenvalue weighted by Crippen LogP contribution is -1.93. The van der Waals surface area contributed by atoms with E-state index in [4.69, 9.17) is 0 Å². The van der Waals surface area contributed by atoms with Crippen LogP contribution in [-0.2, 0) is 0 Å². The molecule has 5 heteroatoms. The van der Waals surface area contributed by atoms with E-state index in [1.165, 1.54) is 13.1 Å². The average Bonchev–Trinajstić information content (AvgIpc) is 2.34. The molecular formula is C13H9F2NOS. The minimum Gasteiger partial charge on any atom is -0.294 e. The molecule has 0 spiro atoms. The van der Waals surface area contributed by atoms with Gasteiger partial charge in [-0.3, -0.25) is 4.79 Å². The number of carbonyl (C=O) groups is 1. The monoisotopic (exact) mass is 265 g/mol. The molecule has 0 aliphatic rings. The lowest BCUT2D eigenvalue weighted by atomic mass is 10.2. The van der Waals surface area contributed by atoms with E-state index in [1.54, 1.807) is 12.1 Å². The molecule has 0 fully saturated rings. The number of halogens is 2. The maximum atomic E-state index is 13.4. The van der Waals surface area contributed by atoms with Gasteiger partial charge in [-0.05, 0) is 37.3 Å². The summed E-state index contributed by atoms with van der Waals surface area (Å²) in [5.74, 6) is -1.09. The summed E-state index contributed by atoms with van der Waals surface area (Å²) in [6.45, 7) is 1.44. The Bertz CT molecular complexity index is 584. The average molecular weight is 265 g/mol. The van der Waals surface area contributed by atoms with E-state index < -0.39 is 11.6 Å². The quantitative estimate of drug-likeness (QED) is 0.792. The molecule has 0 aliphatic heterocycles. The van der Waals surface area contributed by atoms with E-state index in [2.05, 4.69) is 4.98 Å². The number of hydrogen-bond acceptors (Lipinski definition) is 3. The number of rotatable bonds is 3. The molecule has 0 bridgehead atoms. The summed E-state index contributed by atoms with van der Waals surface area (Å²) in [6.07, 6.45) is 1.42. The maximum absolute atomic E-state index is 13.4. The zero-order valence-electron chi connectivity index (χ0n) is 9.48. The minimum atomic E-state index is -0.501.